The number of benzene rings is 1. The van der Waals surface area contributed by atoms with E-state index in [1.54, 1.807) is 37.3 Å². The van der Waals surface area contributed by atoms with E-state index >= 15 is 0 Å². The first-order valence-electron chi connectivity index (χ1n) is 11.9. The molecule has 204 valence electrons. The Morgan fingerprint density at radius 1 is 1.14 bits per heavy atom. The van der Waals surface area contributed by atoms with Crippen LogP contribution in [0.25, 0.3) is 0 Å². The number of carbonyl (C=O) groups excluding carboxylic acids is 1. The number of hydrogen-bond donors (Lipinski definition) is 5. The molecule has 8 rings (SSSR count). The zero-order valence-corrected chi connectivity index (χ0v) is 20.5. The minimum atomic E-state index is -2.67. The van der Waals surface area contributed by atoms with E-state index in [1.165, 1.54) is 0 Å². The van der Waals surface area contributed by atoms with E-state index in [-0.39, 0.29) is 19.4 Å². The first-order valence-corrected chi connectivity index (χ1v) is 12.9. The maximum absolute atomic E-state index is 12.8. The van der Waals surface area contributed by atoms with E-state index < -0.39 is 89.3 Å². The van der Waals surface area contributed by atoms with E-state index in [2.05, 4.69) is 0 Å². The molecule has 7 fully saturated rings. The van der Waals surface area contributed by atoms with Crippen molar-refractivity contribution < 1.29 is 61.8 Å². The largest absolute Gasteiger partial charge is 0.461 e. The second kappa shape index (κ2) is 8.47. The van der Waals surface area contributed by atoms with Gasteiger partial charge in [-0.05, 0) is 25.5 Å². The summed E-state index contributed by atoms with van der Waals surface area (Å²) in [6.07, 6.45) is -8.51. The fourth-order valence-corrected chi connectivity index (χ4v) is 7.53. The van der Waals surface area contributed by atoms with Crippen molar-refractivity contribution in [1.82, 2.24) is 0 Å². The molecule has 0 aromatic heterocycles. The van der Waals surface area contributed by atoms with E-state index in [4.69, 9.17) is 27.9 Å². The molecular weight excluding hydrogens is 516 g/mol. The zero-order valence-electron chi connectivity index (χ0n) is 19.7. The van der Waals surface area contributed by atoms with Gasteiger partial charge in [0.15, 0.2) is 18.4 Å². The molecule has 0 radical (unpaired) electrons. The van der Waals surface area contributed by atoms with Gasteiger partial charge in [-0.3, -0.25) is 4.55 Å². The number of hydrogen-bond acceptors (Lipinski definition) is 12. The topological polar surface area (TPSA) is 191 Å². The Labute approximate surface area is 213 Å². The third kappa shape index (κ3) is 3.26. The first kappa shape index (κ1) is 25.7. The highest BCUT2D eigenvalue weighted by Crippen LogP contribution is 2.82. The number of aliphatic hydroxyl groups is 4. The van der Waals surface area contributed by atoms with Gasteiger partial charge in [0.25, 0.3) is 0 Å². The van der Waals surface area contributed by atoms with Gasteiger partial charge in [0.2, 0.25) is 0 Å². The highest BCUT2D eigenvalue weighted by atomic mass is 32.2. The molecule has 4 aliphatic heterocycles. The van der Waals surface area contributed by atoms with Crippen LogP contribution in [0.4, 0.5) is 0 Å². The SMILES string of the molecule is C[C@@]12C[C@@]3(OS(=O)O)O[C@@H](O1)[C@]1(COC(=O)c4ccccc4)[C@H]3C[C@@]12O[C@@H]1O[C@H](CO)[C@@H](O)[C@H](O)[C@H]1O. The van der Waals surface area contributed by atoms with Crippen LogP contribution in [0, 0.1) is 11.3 Å². The lowest BCUT2D eigenvalue weighted by Gasteiger charge is -2.68. The average molecular weight is 545 g/mol. The van der Waals surface area contributed by atoms with Gasteiger partial charge in [0, 0.05) is 12.3 Å². The van der Waals surface area contributed by atoms with Gasteiger partial charge < -0.3 is 44.1 Å². The third-order valence-corrected chi connectivity index (χ3v) is 9.18. The molecule has 5 N–H and O–H groups in total. The van der Waals surface area contributed by atoms with Gasteiger partial charge in [-0.2, -0.15) is 4.21 Å². The van der Waals surface area contributed by atoms with Crippen LogP contribution in [0.3, 0.4) is 0 Å². The summed E-state index contributed by atoms with van der Waals surface area (Å²) in [5, 5.41) is 40.7. The van der Waals surface area contributed by atoms with Crippen molar-refractivity contribution >= 4 is 17.3 Å². The standard InChI is InChI=1S/C23H28O13S/c1-20-9-22(36-37(29)30)13-7-23(20,33-18-16(27)15(26)14(25)12(8-24)32-18)21(13,19(34-20)35-22)10-31-17(28)11-5-3-2-4-6-11/h2-6,12-16,18-19,24-27H,7-10H2,1H3,(H,29,30)/t12-,13-,14-,15+,16-,18+,19-,20+,21+,22+,23+/m1/s1. The molecule has 13 nitrogen and oxygen atoms in total. The first-order chi connectivity index (χ1) is 17.5. The molecule has 7 aliphatic rings. The van der Waals surface area contributed by atoms with Gasteiger partial charge in [-0.25, -0.2) is 8.98 Å². The summed E-state index contributed by atoms with van der Waals surface area (Å²) < 4.78 is 56.6. The minimum Gasteiger partial charge on any atom is -0.461 e. The Hall–Kier alpha value is -1.56. The maximum Gasteiger partial charge on any atom is 0.338 e. The van der Waals surface area contributed by atoms with Gasteiger partial charge in [0.05, 0.1) is 17.6 Å². The van der Waals surface area contributed by atoms with E-state index in [0.717, 1.165) is 0 Å². The normalized spacial score (nSPS) is 50.1. The molecule has 3 aliphatic carbocycles. The van der Waals surface area contributed by atoms with Crippen LogP contribution in [0.2, 0.25) is 0 Å². The molecule has 6 bridgehead atoms. The molecule has 37 heavy (non-hydrogen) atoms. The van der Waals surface area contributed by atoms with Crippen molar-refractivity contribution in [1.29, 1.82) is 0 Å². The number of aliphatic hydroxyl groups excluding tert-OH is 4. The number of ether oxygens (including phenoxy) is 5. The summed E-state index contributed by atoms with van der Waals surface area (Å²) in [6, 6.07) is 8.31. The lowest BCUT2D eigenvalue weighted by Crippen LogP contribution is -2.81. The molecule has 4 saturated heterocycles. The summed E-state index contributed by atoms with van der Waals surface area (Å²) in [5.41, 5.74) is -3.42. The minimum absolute atomic E-state index is 0.0146. The lowest BCUT2D eigenvalue weighted by atomic mass is 9.41. The van der Waals surface area contributed by atoms with Crippen LogP contribution in [0.1, 0.15) is 30.1 Å². The second-order valence-electron chi connectivity index (χ2n) is 10.5. The molecule has 12 atom stereocenters. The lowest BCUT2D eigenvalue weighted by molar-refractivity contribution is -0.419. The summed E-state index contributed by atoms with van der Waals surface area (Å²) in [7, 11) is 0. The summed E-state index contributed by atoms with van der Waals surface area (Å²) >= 11 is -2.67. The van der Waals surface area contributed by atoms with E-state index in [1.807, 2.05) is 0 Å². The van der Waals surface area contributed by atoms with Crippen molar-refractivity contribution in [2.75, 3.05) is 13.2 Å². The molecule has 0 spiro atoms. The van der Waals surface area contributed by atoms with Crippen LogP contribution in [0.5, 0.6) is 0 Å². The molecular formula is C23H28O13S. The fourth-order valence-electron chi connectivity index (χ4n) is 7.07. The van der Waals surface area contributed by atoms with E-state index in [9.17, 15) is 34.0 Å². The number of carbonyl (C=O) groups is 1. The van der Waals surface area contributed by atoms with Crippen LogP contribution in [-0.4, -0.2) is 102 Å². The van der Waals surface area contributed by atoms with Gasteiger partial charge in [-0.15, -0.1) is 0 Å². The van der Waals surface area contributed by atoms with Crippen molar-refractivity contribution in [3.63, 3.8) is 0 Å². The predicted molar refractivity (Wildman–Crippen MR) is 118 cm³/mol. The second-order valence-corrected chi connectivity index (χ2v) is 11.1. The number of rotatable bonds is 8. The van der Waals surface area contributed by atoms with E-state index in [0.29, 0.717) is 5.56 Å². The van der Waals surface area contributed by atoms with Crippen molar-refractivity contribution in [3.8, 4) is 0 Å². The Kier molecular flexibility index (Phi) is 5.88. The monoisotopic (exact) mass is 544 g/mol. The molecule has 1 unspecified atom stereocenters. The zero-order chi connectivity index (χ0) is 26.4. The molecule has 3 saturated carbocycles. The highest BCUT2D eigenvalue weighted by molar-refractivity contribution is 7.74. The third-order valence-electron chi connectivity index (χ3n) is 8.76. The fraction of sp³-hybridized carbons (Fsp3) is 0.696. The van der Waals surface area contributed by atoms with Crippen LogP contribution < -0.4 is 0 Å². The highest BCUT2D eigenvalue weighted by Gasteiger charge is 2.95. The maximum atomic E-state index is 12.8. The summed E-state index contributed by atoms with van der Waals surface area (Å²) in [5.74, 6) is -2.71. The van der Waals surface area contributed by atoms with Crippen LogP contribution in [-0.2, 0) is 39.2 Å². The predicted octanol–water partition coefficient (Wildman–Crippen LogP) is -1.20. The molecule has 14 heteroatoms. The number of esters is 1. The molecule has 1 aromatic carbocycles. The van der Waals surface area contributed by atoms with Gasteiger partial charge in [0.1, 0.15) is 42.2 Å². The Morgan fingerprint density at radius 2 is 1.86 bits per heavy atom. The van der Waals surface area contributed by atoms with Crippen molar-refractivity contribution in [2.45, 2.75) is 73.8 Å². The molecule has 0 amide bonds. The van der Waals surface area contributed by atoms with Crippen molar-refractivity contribution in [3.05, 3.63) is 35.9 Å². The quantitative estimate of drug-likeness (QED) is 0.194. The Bertz CT molecular complexity index is 1100. The average Bonchev–Trinajstić information content (AvgIpc) is 3.05. The van der Waals surface area contributed by atoms with Crippen molar-refractivity contribution in [2.24, 2.45) is 11.3 Å². The molecule has 4 heterocycles. The summed E-state index contributed by atoms with van der Waals surface area (Å²) in [6.45, 7) is 0.784. The smallest absolute Gasteiger partial charge is 0.338 e. The van der Waals surface area contributed by atoms with Crippen LogP contribution >= 0.6 is 0 Å². The Morgan fingerprint density at radius 3 is 2.54 bits per heavy atom. The van der Waals surface area contributed by atoms with Gasteiger partial charge >= 0.3 is 17.3 Å². The molecule has 1 aromatic rings. The van der Waals surface area contributed by atoms with Crippen LogP contribution in [0.15, 0.2) is 30.3 Å². The summed E-state index contributed by atoms with van der Waals surface area (Å²) in [4.78, 5) is 12.8. The Balaban J connectivity index is 1.35. The van der Waals surface area contributed by atoms with Gasteiger partial charge in [-0.1, -0.05) is 18.2 Å².